The minimum absolute atomic E-state index is 0.154. The zero-order chi connectivity index (χ0) is 9.14. The highest BCUT2D eigenvalue weighted by molar-refractivity contribution is 9.10. The summed E-state index contributed by atoms with van der Waals surface area (Å²) in [5.41, 5.74) is 13.4. The molecule has 12 heavy (non-hydrogen) atoms. The van der Waals surface area contributed by atoms with Crippen LogP contribution in [0.3, 0.4) is 0 Å². The van der Waals surface area contributed by atoms with Crippen LogP contribution in [0.4, 0.5) is 5.69 Å². The summed E-state index contributed by atoms with van der Waals surface area (Å²) in [6.45, 7) is 1.97. The molecular formula is C9H13BrN2. The topological polar surface area (TPSA) is 52.0 Å². The Balaban J connectivity index is 2.90. The molecule has 0 amide bonds. The normalized spacial score (nSPS) is 12.9. The van der Waals surface area contributed by atoms with E-state index in [0.29, 0.717) is 0 Å². The Morgan fingerprint density at radius 3 is 2.75 bits per heavy atom. The zero-order valence-electron chi connectivity index (χ0n) is 7.05. The predicted molar refractivity (Wildman–Crippen MR) is 55.9 cm³/mol. The lowest BCUT2D eigenvalue weighted by atomic mass is 10.1. The van der Waals surface area contributed by atoms with E-state index in [1.807, 2.05) is 25.1 Å². The van der Waals surface area contributed by atoms with Crippen molar-refractivity contribution in [2.75, 3.05) is 5.73 Å². The lowest BCUT2D eigenvalue weighted by Crippen LogP contribution is -2.18. The SMILES string of the molecule is C[C@H](N)Cc1cc(Br)ccc1N. The number of hydrogen-bond donors (Lipinski definition) is 2. The molecule has 0 bridgehead atoms. The molecule has 1 atom stereocenters. The summed E-state index contributed by atoms with van der Waals surface area (Å²) in [4.78, 5) is 0. The van der Waals surface area contributed by atoms with Gasteiger partial charge in [-0.05, 0) is 37.1 Å². The maximum atomic E-state index is 5.76. The van der Waals surface area contributed by atoms with Gasteiger partial charge in [-0.25, -0.2) is 0 Å². The monoisotopic (exact) mass is 228 g/mol. The number of anilines is 1. The Kier molecular flexibility index (Phi) is 3.12. The molecule has 0 fully saturated rings. The number of halogens is 1. The van der Waals surface area contributed by atoms with Crippen molar-refractivity contribution in [2.45, 2.75) is 19.4 Å². The highest BCUT2D eigenvalue weighted by atomic mass is 79.9. The van der Waals surface area contributed by atoms with Crippen molar-refractivity contribution in [3.05, 3.63) is 28.2 Å². The third-order valence-corrected chi connectivity index (χ3v) is 2.14. The highest BCUT2D eigenvalue weighted by Gasteiger charge is 2.02. The molecule has 0 aliphatic carbocycles. The summed E-state index contributed by atoms with van der Waals surface area (Å²) in [5, 5.41) is 0. The number of hydrogen-bond acceptors (Lipinski definition) is 2. The Labute approximate surface area is 81.1 Å². The third-order valence-electron chi connectivity index (χ3n) is 1.65. The molecule has 1 aromatic rings. The van der Waals surface area contributed by atoms with Crippen LogP contribution in [0.25, 0.3) is 0 Å². The number of nitrogen functional groups attached to an aromatic ring is 1. The first-order valence-electron chi connectivity index (χ1n) is 3.89. The summed E-state index contributed by atoms with van der Waals surface area (Å²) in [6.07, 6.45) is 0.825. The molecule has 0 radical (unpaired) electrons. The fourth-order valence-corrected chi connectivity index (χ4v) is 1.51. The van der Waals surface area contributed by atoms with Gasteiger partial charge in [0.25, 0.3) is 0 Å². The van der Waals surface area contributed by atoms with E-state index in [4.69, 9.17) is 11.5 Å². The van der Waals surface area contributed by atoms with Gasteiger partial charge in [0.15, 0.2) is 0 Å². The second-order valence-electron chi connectivity index (χ2n) is 3.02. The van der Waals surface area contributed by atoms with Gasteiger partial charge in [0.2, 0.25) is 0 Å². The number of nitrogens with two attached hydrogens (primary N) is 2. The summed E-state index contributed by atoms with van der Waals surface area (Å²) in [5.74, 6) is 0. The fourth-order valence-electron chi connectivity index (χ4n) is 1.10. The molecule has 0 unspecified atom stereocenters. The summed E-state index contributed by atoms with van der Waals surface area (Å²) < 4.78 is 1.05. The van der Waals surface area contributed by atoms with Crippen LogP contribution < -0.4 is 11.5 Å². The minimum Gasteiger partial charge on any atom is -0.399 e. The smallest absolute Gasteiger partial charge is 0.0347 e. The average molecular weight is 229 g/mol. The van der Waals surface area contributed by atoms with Gasteiger partial charge in [0, 0.05) is 16.2 Å². The van der Waals surface area contributed by atoms with E-state index in [1.54, 1.807) is 0 Å². The van der Waals surface area contributed by atoms with Crippen LogP contribution in [0, 0.1) is 0 Å². The fraction of sp³-hybridized carbons (Fsp3) is 0.333. The largest absolute Gasteiger partial charge is 0.399 e. The molecule has 0 aliphatic rings. The van der Waals surface area contributed by atoms with Gasteiger partial charge in [-0.3, -0.25) is 0 Å². The van der Waals surface area contributed by atoms with Crippen LogP contribution in [0.2, 0.25) is 0 Å². The summed E-state index contributed by atoms with van der Waals surface area (Å²) in [7, 11) is 0. The standard InChI is InChI=1S/C9H13BrN2/c1-6(11)4-7-5-8(10)2-3-9(7)12/h2-3,5-6H,4,11-12H2,1H3/t6-/m0/s1. The van der Waals surface area contributed by atoms with E-state index >= 15 is 0 Å². The molecule has 0 aromatic heterocycles. The molecule has 1 aromatic carbocycles. The highest BCUT2D eigenvalue weighted by Crippen LogP contribution is 2.19. The van der Waals surface area contributed by atoms with Gasteiger partial charge in [0.05, 0.1) is 0 Å². The summed E-state index contributed by atoms with van der Waals surface area (Å²) >= 11 is 3.39. The minimum atomic E-state index is 0.154. The Bertz CT molecular complexity index is 271. The molecule has 66 valence electrons. The maximum Gasteiger partial charge on any atom is 0.0347 e. The van der Waals surface area contributed by atoms with Crippen LogP contribution in [-0.4, -0.2) is 6.04 Å². The van der Waals surface area contributed by atoms with Crippen molar-refractivity contribution in [3.8, 4) is 0 Å². The number of benzene rings is 1. The molecule has 0 saturated heterocycles. The average Bonchev–Trinajstić information content (AvgIpc) is 1.96. The van der Waals surface area contributed by atoms with Crippen LogP contribution in [0.1, 0.15) is 12.5 Å². The molecular weight excluding hydrogens is 216 g/mol. The zero-order valence-corrected chi connectivity index (χ0v) is 8.64. The van der Waals surface area contributed by atoms with Crippen molar-refractivity contribution >= 4 is 21.6 Å². The van der Waals surface area contributed by atoms with E-state index in [9.17, 15) is 0 Å². The van der Waals surface area contributed by atoms with Crippen LogP contribution in [0.15, 0.2) is 22.7 Å². The first-order chi connectivity index (χ1) is 5.59. The van der Waals surface area contributed by atoms with Crippen molar-refractivity contribution in [1.29, 1.82) is 0 Å². The molecule has 0 aliphatic heterocycles. The molecule has 0 heterocycles. The van der Waals surface area contributed by atoms with Gasteiger partial charge >= 0.3 is 0 Å². The Morgan fingerprint density at radius 2 is 2.17 bits per heavy atom. The lowest BCUT2D eigenvalue weighted by molar-refractivity contribution is 0.739. The molecule has 4 N–H and O–H groups in total. The predicted octanol–water partition coefficient (Wildman–Crippen LogP) is 1.92. The molecule has 3 heteroatoms. The van der Waals surface area contributed by atoms with Crippen LogP contribution in [0.5, 0.6) is 0 Å². The quantitative estimate of drug-likeness (QED) is 0.761. The van der Waals surface area contributed by atoms with Gasteiger partial charge in [-0.1, -0.05) is 15.9 Å². The van der Waals surface area contributed by atoms with Crippen molar-refractivity contribution in [3.63, 3.8) is 0 Å². The third kappa shape index (κ3) is 2.50. The first kappa shape index (κ1) is 9.55. The lowest BCUT2D eigenvalue weighted by Gasteiger charge is -2.08. The van der Waals surface area contributed by atoms with Gasteiger partial charge in [0.1, 0.15) is 0 Å². The first-order valence-corrected chi connectivity index (χ1v) is 4.68. The van der Waals surface area contributed by atoms with E-state index in [-0.39, 0.29) is 6.04 Å². The van der Waals surface area contributed by atoms with E-state index in [0.717, 1.165) is 22.1 Å². The van der Waals surface area contributed by atoms with Crippen molar-refractivity contribution in [1.82, 2.24) is 0 Å². The Morgan fingerprint density at radius 1 is 1.50 bits per heavy atom. The van der Waals surface area contributed by atoms with Crippen molar-refractivity contribution in [2.24, 2.45) is 5.73 Å². The van der Waals surface area contributed by atoms with E-state index in [1.165, 1.54) is 0 Å². The van der Waals surface area contributed by atoms with E-state index in [2.05, 4.69) is 15.9 Å². The number of rotatable bonds is 2. The summed E-state index contributed by atoms with van der Waals surface area (Å²) in [6, 6.07) is 5.99. The van der Waals surface area contributed by atoms with Gasteiger partial charge < -0.3 is 11.5 Å². The second-order valence-corrected chi connectivity index (χ2v) is 3.94. The second kappa shape index (κ2) is 3.92. The van der Waals surface area contributed by atoms with Crippen LogP contribution in [-0.2, 0) is 6.42 Å². The van der Waals surface area contributed by atoms with Crippen LogP contribution >= 0.6 is 15.9 Å². The van der Waals surface area contributed by atoms with E-state index < -0.39 is 0 Å². The maximum absolute atomic E-state index is 5.76. The van der Waals surface area contributed by atoms with Gasteiger partial charge in [-0.15, -0.1) is 0 Å². The Hall–Kier alpha value is -0.540. The molecule has 1 rings (SSSR count). The molecule has 0 spiro atoms. The van der Waals surface area contributed by atoms with Gasteiger partial charge in [-0.2, -0.15) is 0 Å². The molecule has 0 saturated carbocycles. The van der Waals surface area contributed by atoms with Crippen molar-refractivity contribution < 1.29 is 0 Å². The molecule has 2 nitrogen and oxygen atoms in total.